The first-order chi connectivity index (χ1) is 14.8. The molecule has 1 aromatic heterocycles. The SMILES string of the molecule is CC(C)(C)NC(=O)c1cccc(C2=Cn3nc(Nc4ccccc4C#N)nc3CC2)c1. The summed E-state index contributed by atoms with van der Waals surface area (Å²) in [5.41, 5.74) is 3.64. The fraction of sp³-hybridized carbons (Fsp3) is 0.250. The third-order valence-corrected chi connectivity index (χ3v) is 4.88. The molecule has 0 spiro atoms. The number of rotatable bonds is 4. The Hall–Kier alpha value is -3.92. The predicted molar refractivity (Wildman–Crippen MR) is 121 cm³/mol. The third kappa shape index (κ3) is 4.64. The smallest absolute Gasteiger partial charge is 0.251 e. The molecule has 1 aliphatic heterocycles. The van der Waals surface area contributed by atoms with E-state index in [-0.39, 0.29) is 11.4 Å². The maximum absolute atomic E-state index is 12.5. The number of para-hydroxylation sites is 1. The van der Waals surface area contributed by atoms with Crippen LogP contribution in [0.2, 0.25) is 0 Å². The second-order valence-corrected chi connectivity index (χ2v) is 8.52. The monoisotopic (exact) mass is 412 g/mol. The van der Waals surface area contributed by atoms with E-state index in [4.69, 9.17) is 0 Å². The number of hydrogen-bond acceptors (Lipinski definition) is 5. The Morgan fingerprint density at radius 1 is 1.13 bits per heavy atom. The van der Waals surface area contributed by atoms with Gasteiger partial charge in [0.05, 0.1) is 11.3 Å². The van der Waals surface area contributed by atoms with Crippen molar-refractivity contribution in [2.24, 2.45) is 0 Å². The summed E-state index contributed by atoms with van der Waals surface area (Å²) in [5.74, 6) is 1.21. The minimum absolute atomic E-state index is 0.0881. The highest BCUT2D eigenvalue weighted by atomic mass is 16.1. The van der Waals surface area contributed by atoms with Crippen LogP contribution in [-0.4, -0.2) is 26.2 Å². The molecule has 0 saturated carbocycles. The molecule has 1 amide bonds. The Morgan fingerprint density at radius 3 is 2.71 bits per heavy atom. The number of benzene rings is 2. The number of nitrogens with one attached hydrogen (secondary N) is 2. The molecular weight excluding hydrogens is 388 g/mol. The van der Waals surface area contributed by atoms with Crippen LogP contribution in [0.3, 0.4) is 0 Å². The van der Waals surface area contributed by atoms with Crippen molar-refractivity contribution in [3.63, 3.8) is 0 Å². The number of amides is 1. The molecule has 31 heavy (non-hydrogen) atoms. The standard InChI is InChI=1S/C24H24N6O/c1-24(2,3)28-22(31)17-9-6-8-16(13-17)19-11-12-21-27-23(29-30(21)15-19)26-20-10-5-4-7-18(20)14-25/h4-10,13,15H,11-12H2,1-3H3,(H,26,29)(H,28,31). The molecular formula is C24H24N6O. The van der Waals surface area contributed by atoms with Crippen molar-refractivity contribution in [2.75, 3.05) is 5.32 Å². The Labute approximate surface area is 181 Å². The topological polar surface area (TPSA) is 95.6 Å². The van der Waals surface area contributed by atoms with E-state index < -0.39 is 0 Å². The van der Waals surface area contributed by atoms with Gasteiger partial charge in [0, 0.05) is 23.7 Å². The lowest BCUT2D eigenvalue weighted by Gasteiger charge is -2.21. The van der Waals surface area contributed by atoms with Crippen molar-refractivity contribution in [3.05, 3.63) is 71.0 Å². The molecule has 0 bridgehead atoms. The quantitative estimate of drug-likeness (QED) is 0.664. The molecule has 7 heteroatoms. The molecule has 0 radical (unpaired) electrons. The maximum Gasteiger partial charge on any atom is 0.251 e. The molecule has 0 fully saturated rings. The number of fused-ring (bicyclic) bond motifs is 1. The van der Waals surface area contributed by atoms with Crippen LogP contribution >= 0.6 is 0 Å². The number of nitriles is 1. The Morgan fingerprint density at radius 2 is 1.94 bits per heavy atom. The molecule has 7 nitrogen and oxygen atoms in total. The van der Waals surface area contributed by atoms with Gasteiger partial charge in [-0.25, -0.2) is 4.68 Å². The molecule has 2 aromatic carbocycles. The van der Waals surface area contributed by atoms with Crippen LogP contribution in [-0.2, 0) is 6.42 Å². The Balaban J connectivity index is 1.58. The zero-order chi connectivity index (χ0) is 22.0. The molecule has 2 heterocycles. The van der Waals surface area contributed by atoms with Gasteiger partial charge >= 0.3 is 0 Å². The van der Waals surface area contributed by atoms with Crippen molar-refractivity contribution in [1.82, 2.24) is 20.1 Å². The van der Waals surface area contributed by atoms with Gasteiger partial charge in [0.15, 0.2) is 0 Å². The van der Waals surface area contributed by atoms with E-state index in [0.29, 0.717) is 22.8 Å². The summed E-state index contributed by atoms with van der Waals surface area (Å²) in [7, 11) is 0. The molecule has 2 N–H and O–H groups in total. The van der Waals surface area contributed by atoms with Gasteiger partial charge in [-0.15, -0.1) is 5.10 Å². The van der Waals surface area contributed by atoms with Gasteiger partial charge in [-0.1, -0.05) is 24.3 Å². The summed E-state index contributed by atoms with van der Waals surface area (Å²) in [4.78, 5) is 17.1. The first kappa shape index (κ1) is 20.4. The summed E-state index contributed by atoms with van der Waals surface area (Å²) in [5, 5.41) is 19.9. The molecule has 3 aromatic rings. The summed E-state index contributed by atoms with van der Waals surface area (Å²) < 4.78 is 1.76. The van der Waals surface area contributed by atoms with Crippen LogP contribution in [0.5, 0.6) is 0 Å². The normalized spacial score (nSPS) is 13.0. The molecule has 156 valence electrons. The van der Waals surface area contributed by atoms with Crippen LogP contribution < -0.4 is 10.6 Å². The lowest BCUT2D eigenvalue weighted by atomic mass is 9.98. The highest BCUT2D eigenvalue weighted by Crippen LogP contribution is 2.28. The second-order valence-electron chi connectivity index (χ2n) is 8.52. The van der Waals surface area contributed by atoms with Crippen molar-refractivity contribution in [2.45, 2.75) is 39.2 Å². The van der Waals surface area contributed by atoms with Gasteiger partial charge in [-0.05, 0) is 62.6 Å². The van der Waals surface area contributed by atoms with Crippen molar-refractivity contribution < 1.29 is 4.79 Å². The molecule has 0 aliphatic carbocycles. The van der Waals surface area contributed by atoms with Crippen LogP contribution in [0.15, 0.2) is 48.5 Å². The summed E-state index contributed by atoms with van der Waals surface area (Å²) in [6.45, 7) is 5.89. The van der Waals surface area contributed by atoms with E-state index in [1.807, 2.05) is 69.4 Å². The van der Waals surface area contributed by atoms with Crippen molar-refractivity contribution >= 4 is 29.3 Å². The summed E-state index contributed by atoms with van der Waals surface area (Å²) in [6, 6.07) is 17.1. The maximum atomic E-state index is 12.5. The van der Waals surface area contributed by atoms with Gasteiger partial charge in [-0.2, -0.15) is 10.2 Å². The minimum Gasteiger partial charge on any atom is -0.347 e. The summed E-state index contributed by atoms with van der Waals surface area (Å²) in [6.07, 6.45) is 3.49. The van der Waals surface area contributed by atoms with E-state index in [1.165, 1.54) is 0 Å². The van der Waals surface area contributed by atoms with E-state index >= 15 is 0 Å². The van der Waals surface area contributed by atoms with Gasteiger partial charge in [0.1, 0.15) is 11.9 Å². The highest BCUT2D eigenvalue weighted by molar-refractivity contribution is 5.95. The first-order valence-electron chi connectivity index (χ1n) is 10.2. The zero-order valence-corrected chi connectivity index (χ0v) is 17.8. The Kier molecular flexibility index (Phi) is 5.30. The summed E-state index contributed by atoms with van der Waals surface area (Å²) >= 11 is 0. The number of anilines is 2. The van der Waals surface area contributed by atoms with Crippen LogP contribution in [0.25, 0.3) is 11.8 Å². The van der Waals surface area contributed by atoms with Gasteiger partial charge in [-0.3, -0.25) is 4.79 Å². The van der Waals surface area contributed by atoms with E-state index in [2.05, 4.69) is 26.8 Å². The van der Waals surface area contributed by atoms with Gasteiger partial charge in [0.2, 0.25) is 5.95 Å². The van der Waals surface area contributed by atoms with Crippen molar-refractivity contribution in [3.8, 4) is 6.07 Å². The van der Waals surface area contributed by atoms with Crippen molar-refractivity contribution in [1.29, 1.82) is 5.26 Å². The minimum atomic E-state index is -0.291. The number of aromatic nitrogens is 3. The number of nitrogens with zero attached hydrogens (tertiary/aromatic N) is 4. The van der Waals surface area contributed by atoms with Crippen LogP contribution in [0, 0.1) is 11.3 Å². The number of carbonyl (C=O) groups excluding carboxylic acids is 1. The number of hydrogen-bond donors (Lipinski definition) is 2. The predicted octanol–water partition coefficient (Wildman–Crippen LogP) is 4.37. The fourth-order valence-corrected chi connectivity index (χ4v) is 3.44. The largest absolute Gasteiger partial charge is 0.347 e. The Bertz CT molecular complexity index is 1210. The third-order valence-electron chi connectivity index (χ3n) is 4.88. The molecule has 0 saturated heterocycles. The lowest BCUT2D eigenvalue weighted by Crippen LogP contribution is -2.40. The molecule has 4 rings (SSSR count). The van der Waals surface area contributed by atoms with Crippen LogP contribution in [0.1, 0.15) is 54.5 Å². The zero-order valence-electron chi connectivity index (χ0n) is 17.8. The second kappa shape index (κ2) is 8.07. The average Bonchev–Trinajstić information content (AvgIpc) is 3.14. The first-order valence-corrected chi connectivity index (χ1v) is 10.2. The van der Waals surface area contributed by atoms with E-state index in [1.54, 1.807) is 10.7 Å². The average molecular weight is 412 g/mol. The molecule has 1 aliphatic rings. The number of allylic oxidation sites excluding steroid dienone is 1. The fourth-order valence-electron chi connectivity index (χ4n) is 3.44. The molecule has 0 atom stereocenters. The lowest BCUT2D eigenvalue weighted by molar-refractivity contribution is 0.0919. The van der Waals surface area contributed by atoms with E-state index in [9.17, 15) is 10.1 Å². The van der Waals surface area contributed by atoms with E-state index in [0.717, 1.165) is 29.8 Å². The number of carbonyl (C=O) groups is 1. The molecule has 0 unspecified atom stereocenters. The van der Waals surface area contributed by atoms with Crippen LogP contribution in [0.4, 0.5) is 11.6 Å². The highest BCUT2D eigenvalue weighted by Gasteiger charge is 2.19. The van der Waals surface area contributed by atoms with Gasteiger partial charge in [0.25, 0.3) is 5.91 Å². The number of aryl methyl sites for hydroxylation is 1. The van der Waals surface area contributed by atoms with Gasteiger partial charge < -0.3 is 10.6 Å².